The number of furan rings is 1. The van der Waals surface area contributed by atoms with E-state index in [1.807, 2.05) is 23.6 Å². The highest BCUT2D eigenvalue weighted by Crippen LogP contribution is 2.34. The van der Waals surface area contributed by atoms with Crippen molar-refractivity contribution in [1.29, 1.82) is 0 Å². The molecular weight excluding hydrogens is 414 g/mol. The Morgan fingerprint density at radius 1 is 1.31 bits per heavy atom. The molecule has 1 atom stereocenters. The van der Waals surface area contributed by atoms with Gasteiger partial charge in [0.05, 0.1) is 22.4 Å². The van der Waals surface area contributed by atoms with Crippen LogP contribution in [0.2, 0.25) is 5.02 Å². The van der Waals surface area contributed by atoms with Crippen molar-refractivity contribution in [2.75, 3.05) is 6.61 Å². The number of rotatable bonds is 6. The van der Waals surface area contributed by atoms with Crippen LogP contribution in [0.15, 0.2) is 63.6 Å². The quantitative estimate of drug-likeness (QED) is 0.643. The number of primary amides is 1. The number of nitrogens with zero attached hydrogens (tertiary/aromatic N) is 2. The first kappa shape index (κ1) is 19.2. The lowest BCUT2D eigenvalue weighted by molar-refractivity contribution is -0.135. The molecule has 3 aromatic rings. The third kappa shape index (κ3) is 4.03. The van der Waals surface area contributed by atoms with Gasteiger partial charge in [-0.25, -0.2) is 5.01 Å². The monoisotopic (exact) mass is 429 g/mol. The second-order valence-electron chi connectivity index (χ2n) is 6.29. The first-order valence-electron chi connectivity index (χ1n) is 8.72. The van der Waals surface area contributed by atoms with Gasteiger partial charge in [-0.2, -0.15) is 5.10 Å². The first-order chi connectivity index (χ1) is 14.0. The van der Waals surface area contributed by atoms with Crippen molar-refractivity contribution < 1.29 is 18.7 Å². The number of hydrogen-bond acceptors (Lipinski definition) is 6. The van der Waals surface area contributed by atoms with E-state index in [4.69, 9.17) is 26.5 Å². The lowest BCUT2D eigenvalue weighted by atomic mass is 10.1. The highest BCUT2D eigenvalue weighted by molar-refractivity contribution is 7.12. The SMILES string of the molecule is NC(=O)c1cc(Cl)ccc1OCC(=O)N1N=C(c2cccs2)CC1c1ccco1. The lowest BCUT2D eigenvalue weighted by Crippen LogP contribution is -2.31. The summed E-state index contributed by atoms with van der Waals surface area (Å²) in [6.07, 6.45) is 2.09. The van der Waals surface area contributed by atoms with Crippen LogP contribution in [0.3, 0.4) is 0 Å². The fourth-order valence-electron chi connectivity index (χ4n) is 3.06. The van der Waals surface area contributed by atoms with Gasteiger partial charge < -0.3 is 14.9 Å². The van der Waals surface area contributed by atoms with Gasteiger partial charge in [-0.3, -0.25) is 9.59 Å². The summed E-state index contributed by atoms with van der Waals surface area (Å²) in [6, 6.07) is 11.6. The molecule has 0 spiro atoms. The maximum Gasteiger partial charge on any atom is 0.281 e. The van der Waals surface area contributed by atoms with E-state index in [-0.39, 0.29) is 29.9 Å². The third-order valence-electron chi connectivity index (χ3n) is 4.40. The number of thiophene rings is 1. The predicted octanol–water partition coefficient (Wildman–Crippen LogP) is 3.85. The van der Waals surface area contributed by atoms with Crippen molar-refractivity contribution in [3.63, 3.8) is 0 Å². The number of carbonyl (C=O) groups is 2. The second-order valence-corrected chi connectivity index (χ2v) is 7.68. The van der Waals surface area contributed by atoms with Gasteiger partial charge in [0.1, 0.15) is 17.6 Å². The highest BCUT2D eigenvalue weighted by atomic mass is 35.5. The van der Waals surface area contributed by atoms with E-state index < -0.39 is 5.91 Å². The Morgan fingerprint density at radius 3 is 2.86 bits per heavy atom. The van der Waals surface area contributed by atoms with Gasteiger partial charge in [0.2, 0.25) is 0 Å². The van der Waals surface area contributed by atoms with Crippen LogP contribution in [-0.2, 0) is 4.79 Å². The number of ether oxygens (including phenoxy) is 1. The molecule has 1 aromatic carbocycles. The number of carbonyl (C=O) groups excluding carboxylic acids is 2. The van der Waals surface area contributed by atoms with E-state index in [1.54, 1.807) is 29.7 Å². The van der Waals surface area contributed by atoms with E-state index in [9.17, 15) is 9.59 Å². The molecule has 0 aliphatic carbocycles. The van der Waals surface area contributed by atoms with Crippen LogP contribution < -0.4 is 10.5 Å². The molecule has 1 aliphatic rings. The molecule has 4 rings (SSSR count). The van der Waals surface area contributed by atoms with Gasteiger partial charge in [0.15, 0.2) is 6.61 Å². The molecule has 0 fully saturated rings. The molecule has 148 valence electrons. The minimum atomic E-state index is -0.692. The Bertz CT molecular complexity index is 1060. The zero-order valence-corrected chi connectivity index (χ0v) is 16.7. The van der Waals surface area contributed by atoms with Crippen molar-refractivity contribution in [3.05, 3.63) is 75.3 Å². The Kier molecular flexibility index (Phi) is 5.37. The predicted molar refractivity (Wildman–Crippen MR) is 109 cm³/mol. The van der Waals surface area contributed by atoms with Crippen molar-refractivity contribution in [3.8, 4) is 5.75 Å². The van der Waals surface area contributed by atoms with Crippen LogP contribution in [0.4, 0.5) is 0 Å². The number of benzene rings is 1. The topological polar surface area (TPSA) is 98.1 Å². The van der Waals surface area contributed by atoms with Crippen molar-refractivity contribution in [2.24, 2.45) is 10.8 Å². The van der Waals surface area contributed by atoms with Crippen molar-refractivity contribution >= 4 is 40.5 Å². The molecule has 1 aliphatic heterocycles. The van der Waals surface area contributed by atoms with Gasteiger partial charge in [-0.15, -0.1) is 11.3 Å². The Morgan fingerprint density at radius 2 is 2.17 bits per heavy atom. The summed E-state index contributed by atoms with van der Waals surface area (Å²) >= 11 is 7.46. The first-order valence-corrected chi connectivity index (χ1v) is 9.97. The Balaban J connectivity index is 1.55. The van der Waals surface area contributed by atoms with E-state index in [2.05, 4.69) is 5.10 Å². The zero-order chi connectivity index (χ0) is 20.4. The number of nitrogens with two attached hydrogens (primary N) is 1. The molecule has 0 radical (unpaired) electrons. The van der Waals surface area contributed by atoms with Crippen molar-refractivity contribution in [1.82, 2.24) is 5.01 Å². The smallest absolute Gasteiger partial charge is 0.281 e. The fraction of sp³-hybridized carbons (Fsp3) is 0.150. The van der Waals surface area contributed by atoms with E-state index in [0.29, 0.717) is 17.2 Å². The molecule has 0 saturated heterocycles. The number of amides is 2. The van der Waals surface area contributed by atoms with Crippen LogP contribution in [0.5, 0.6) is 5.75 Å². The number of hydrogen-bond donors (Lipinski definition) is 1. The van der Waals surface area contributed by atoms with E-state index in [0.717, 1.165) is 10.6 Å². The lowest BCUT2D eigenvalue weighted by Gasteiger charge is -2.20. The third-order valence-corrected chi connectivity index (χ3v) is 5.56. The van der Waals surface area contributed by atoms with Gasteiger partial charge >= 0.3 is 0 Å². The maximum atomic E-state index is 12.9. The van der Waals surface area contributed by atoms with Gasteiger partial charge in [0.25, 0.3) is 11.8 Å². The molecule has 2 N–H and O–H groups in total. The minimum absolute atomic E-state index is 0.108. The summed E-state index contributed by atoms with van der Waals surface area (Å²) in [5.41, 5.74) is 6.28. The summed E-state index contributed by atoms with van der Waals surface area (Å²) in [7, 11) is 0. The largest absolute Gasteiger partial charge is 0.483 e. The summed E-state index contributed by atoms with van der Waals surface area (Å²) < 4.78 is 11.1. The average Bonchev–Trinajstić information content (AvgIpc) is 3.47. The molecule has 0 saturated carbocycles. The molecule has 29 heavy (non-hydrogen) atoms. The standard InChI is InChI=1S/C20H16ClN3O4S/c21-12-5-6-16(13(9-12)20(22)26)28-11-19(25)24-15(17-3-1-7-27-17)10-14(23-24)18-4-2-8-29-18/h1-9,15H,10-11H2,(H2,22,26). The zero-order valence-electron chi connectivity index (χ0n) is 15.1. The summed E-state index contributed by atoms with van der Waals surface area (Å²) in [5, 5.41) is 8.18. The average molecular weight is 430 g/mol. The molecule has 9 heteroatoms. The molecule has 1 unspecified atom stereocenters. The highest BCUT2D eigenvalue weighted by Gasteiger charge is 2.35. The molecule has 2 aromatic heterocycles. The summed E-state index contributed by atoms with van der Waals surface area (Å²) in [5.74, 6) is -0.240. The normalized spacial score (nSPS) is 16.0. The summed E-state index contributed by atoms with van der Waals surface area (Å²) in [4.78, 5) is 25.5. The van der Waals surface area contributed by atoms with E-state index in [1.165, 1.54) is 17.1 Å². The molecule has 0 bridgehead atoms. The molecule has 2 amide bonds. The molecule has 7 nitrogen and oxygen atoms in total. The van der Waals surface area contributed by atoms with Crippen molar-refractivity contribution in [2.45, 2.75) is 12.5 Å². The number of hydrazone groups is 1. The van der Waals surface area contributed by atoms with Gasteiger partial charge in [0, 0.05) is 11.4 Å². The van der Waals surface area contributed by atoms with Crippen LogP contribution in [-0.4, -0.2) is 29.1 Å². The minimum Gasteiger partial charge on any atom is -0.483 e. The Labute approximate surface area is 175 Å². The molecular formula is C20H16ClN3O4S. The maximum absolute atomic E-state index is 12.9. The van der Waals surface area contributed by atoms with E-state index >= 15 is 0 Å². The summed E-state index contributed by atoms with van der Waals surface area (Å²) in [6.45, 7) is -0.319. The van der Waals surface area contributed by atoms with Gasteiger partial charge in [-0.1, -0.05) is 17.7 Å². The van der Waals surface area contributed by atoms with Crippen LogP contribution >= 0.6 is 22.9 Å². The van der Waals surface area contributed by atoms with Crippen LogP contribution in [0.1, 0.15) is 33.5 Å². The number of halogens is 1. The second kappa shape index (κ2) is 8.10. The van der Waals surface area contributed by atoms with Crippen LogP contribution in [0, 0.1) is 0 Å². The van der Waals surface area contributed by atoms with Crippen LogP contribution in [0.25, 0.3) is 0 Å². The molecule has 3 heterocycles. The Hall–Kier alpha value is -3.10. The fourth-order valence-corrected chi connectivity index (χ4v) is 3.95. The van der Waals surface area contributed by atoms with Gasteiger partial charge in [-0.05, 0) is 41.8 Å².